The molecule has 1 fully saturated rings. The van der Waals surface area contributed by atoms with Crippen LogP contribution >= 0.6 is 31.9 Å². The molecular weight excluding hydrogens is 556 g/mol. The molecule has 1 saturated carbocycles. The van der Waals surface area contributed by atoms with E-state index in [4.69, 9.17) is 4.74 Å². The van der Waals surface area contributed by atoms with E-state index in [2.05, 4.69) is 37.2 Å². The van der Waals surface area contributed by atoms with E-state index in [1.807, 2.05) is 13.8 Å². The summed E-state index contributed by atoms with van der Waals surface area (Å²) in [5, 5.41) is 22.4. The summed E-state index contributed by atoms with van der Waals surface area (Å²) in [5.41, 5.74) is 1.19. The number of aliphatic carboxylic acids is 1. The highest BCUT2D eigenvalue weighted by atomic mass is 79.9. The summed E-state index contributed by atoms with van der Waals surface area (Å²) in [6.45, 7) is 3.50. The number of aromatic hydroxyl groups is 1. The first-order valence-corrected chi connectivity index (χ1v) is 12.5. The van der Waals surface area contributed by atoms with E-state index >= 15 is 0 Å². The van der Waals surface area contributed by atoms with Crippen LogP contribution < -0.4 is 15.0 Å². The van der Waals surface area contributed by atoms with Crippen molar-refractivity contribution < 1.29 is 24.5 Å². The number of hydrogen-bond donors (Lipinski definition) is 3. The molecule has 3 N–H and O–H groups in total. The molecule has 7 nitrogen and oxygen atoms in total. The van der Waals surface area contributed by atoms with Crippen LogP contribution in [0.1, 0.15) is 57.4 Å². The Morgan fingerprint density at radius 1 is 1.12 bits per heavy atom. The minimum absolute atomic E-state index is 0.0571. The minimum Gasteiger partial charge on any atom is -0.508 e. The van der Waals surface area contributed by atoms with Gasteiger partial charge in [-0.3, -0.25) is 9.69 Å². The van der Waals surface area contributed by atoms with Gasteiger partial charge in [-0.25, -0.2) is 4.79 Å². The minimum atomic E-state index is -1.10. The Kier molecular flexibility index (Phi) is 8.64. The number of benzene rings is 2. The number of nitrogens with one attached hydrogen (secondary N) is 1. The molecular formula is C24H28Br2N2O5. The quantitative estimate of drug-likeness (QED) is 0.334. The number of amides is 2. The van der Waals surface area contributed by atoms with Crippen molar-refractivity contribution in [1.29, 1.82) is 0 Å². The maximum absolute atomic E-state index is 12.9. The molecule has 2 amide bonds. The molecule has 0 saturated heterocycles. The Bertz CT molecular complexity index is 999. The monoisotopic (exact) mass is 582 g/mol. The maximum atomic E-state index is 12.9. The van der Waals surface area contributed by atoms with Gasteiger partial charge in [-0.2, -0.15) is 0 Å². The zero-order chi connectivity index (χ0) is 24.1. The smallest absolute Gasteiger partial charge is 0.323 e. The SMILES string of the molecule is CC(C)c1cc(Oc2c(Br)cc(N(CC(=O)O)C(=O)NC3CCCCC3)cc2Br)ccc1O. The number of halogens is 2. The van der Waals surface area contributed by atoms with Crippen LogP contribution in [0.4, 0.5) is 10.5 Å². The Balaban J connectivity index is 1.86. The standard InChI is InChI=1S/C24H28Br2N2O5/c1-14(2)18-12-17(8-9-21(18)29)33-23-19(25)10-16(11-20(23)26)28(13-22(30)31)24(32)27-15-6-4-3-5-7-15/h8-12,14-15,29H,3-7,13H2,1-2H3,(H,27,32)(H,30,31). The second-order valence-electron chi connectivity index (χ2n) is 8.48. The van der Waals surface area contributed by atoms with Crippen molar-refractivity contribution in [2.24, 2.45) is 0 Å². The van der Waals surface area contributed by atoms with Gasteiger partial charge >= 0.3 is 12.0 Å². The number of carbonyl (C=O) groups is 2. The van der Waals surface area contributed by atoms with Gasteiger partial charge in [0.1, 0.15) is 18.0 Å². The zero-order valence-corrected chi connectivity index (χ0v) is 21.8. The van der Waals surface area contributed by atoms with E-state index < -0.39 is 18.5 Å². The number of phenolic OH excluding ortho intramolecular Hbond substituents is 1. The van der Waals surface area contributed by atoms with Crippen molar-refractivity contribution in [3.63, 3.8) is 0 Å². The van der Waals surface area contributed by atoms with E-state index in [0.717, 1.165) is 37.7 Å². The molecule has 0 aromatic heterocycles. The Labute approximate surface area is 210 Å². The summed E-state index contributed by atoms with van der Waals surface area (Å²) in [6, 6.07) is 7.98. The van der Waals surface area contributed by atoms with Crippen molar-refractivity contribution in [1.82, 2.24) is 5.32 Å². The van der Waals surface area contributed by atoms with Gasteiger partial charge in [0, 0.05) is 17.3 Å². The maximum Gasteiger partial charge on any atom is 0.323 e. The molecule has 0 aliphatic heterocycles. The topological polar surface area (TPSA) is 99.1 Å². The van der Waals surface area contributed by atoms with Gasteiger partial charge in [0.15, 0.2) is 5.75 Å². The van der Waals surface area contributed by atoms with E-state index in [-0.39, 0.29) is 17.7 Å². The molecule has 3 rings (SSSR count). The number of rotatable bonds is 7. The molecule has 0 unspecified atom stereocenters. The molecule has 1 aliphatic rings. The summed E-state index contributed by atoms with van der Waals surface area (Å²) in [6.07, 6.45) is 5.08. The normalized spacial score (nSPS) is 14.2. The predicted octanol–water partition coefficient (Wildman–Crippen LogP) is 6.77. The third-order valence-corrected chi connectivity index (χ3v) is 6.79. The van der Waals surface area contributed by atoms with Gasteiger partial charge < -0.3 is 20.3 Å². The van der Waals surface area contributed by atoms with Crippen molar-refractivity contribution >= 4 is 49.5 Å². The van der Waals surface area contributed by atoms with Crippen molar-refractivity contribution in [2.75, 3.05) is 11.4 Å². The van der Waals surface area contributed by atoms with Crippen molar-refractivity contribution in [3.8, 4) is 17.2 Å². The highest BCUT2D eigenvalue weighted by Crippen LogP contribution is 2.41. The fraction of sp³-hybridized carbons (Fsp3) is 0.417. The number of ether oxygens (including phenoxy) is 1. The first kappa shape index (κ1) is 25.4. The molecule has 2 aromatic carbocycles. The first-order chi connectivity index (χ1) is 15.7. The molecule has 2 aromatic rings. The lowest BCUT2D eigenvalue weighted by Gasteiger charge is -2.28. The number of carbonyl (C=O) groups excluding carboxylic acids is 1. The van der Waals surface area contributed by atoms with Crippen LogP contribution in [0, 0.1) is 0 Å². The molecule has 0 radical (unpaired) electrons. The van der Waals surface area contributed by atoms with Crippen LogP contribution in [-0.4, -0.2) is 34.8 Å². The second kappa shape index (κ2) is 11.2. The number of anilines is 1. The average molecular weight is 584 g/mol. The molecule has 9 heteroatoms. The number of carboxylic acids is 1. The van der Waals surface area contributed by atoms with Crippen LogP contribution in [0.15, 0.2) is 39.3 Å². The zero-order valence-electron chi connectivity index (χ0n) is 18.6. The number of phenols is 1. The summed E-state index contributed by atoms with van der Waals surface area (Å²) in [4.78, 5) is 25.6. The Morgan fingerprint density at radius 2 is 1.76 bits per heavy atom. The predicted molar refractivity (Wildman–Crippen MR) is 134 cm³/mol. The van der Waals surface area contributed by atoms with Crippen LogP contribution in [0.5, 0.6) is 17.2 Å². The molecule has 0 bridgehead atoms. The van der Waals surface area contributed by atoms with Gasteiger partial charge in [-0.15, -0.1) is 0 Å². The van der Waals surface area contributed by atoms with Gasteiger partial charge in [-0.1, -0.05) is 33.1 Å². The molecule has 1 aliphatic carbocycles. The summed E-state index contributed by atoms with van der Waals surface area (Å²) in [7, 11) is 0. The number of urea groups is 1. The highest BCUT2D eigenvalue weighted by Gasteiger charge is 2.25. The van der Waals surface area contributed by atoms with E-state index in [1.165, 1.54) is 4.90 Å². The fourth-order valence-electron chi connectivity index (χ4n) is 3.89. The largest absolute Gasteiger partial charge is 0.508 e. The summed E-state index contributed by atoms with van der Waals surface area (Å²) >= 11 is 6.98. The first-order valence-electron chi connectivity index (χ1n) is 10.9. The molecule has 33 heavy (non-hydrogen) atoms. The molecule has 0 heterocycles. The number of carboxylic acid groups (broad SMARTS) is 1. The van der Waals surface area contributed by atoms with Gasteiger partial charge in [0.2, 0.25) is 0 Å². The van der Waals surface area contributed by atoms with Crippen LogP contribution in [-0.2, 0) is 4.79 Å². The van der Waals surface area contributed by atoms with Gasteiger partial charge in [-0.05, 0) is 81.0 Å². The Hall–Kier alpha value is -2.26. The fourth-order valence-corrected chi connectivity index (χ4v) is 5.22. The van der Waals surface area contributed by atoms with Crippen LogP contribution in [0.2, 0.25) is 0 Å². The lowest BCUT2D eigenvalue weighted by atomic mass is 9.96. The summed E-state index contributed by atoms with van der Waals surface area (Å²) in [5.74, 6) is 0.242. The molecule has 178 valence electrons. The van der Waals surface area contributed by atoms with E-state index in [9.17, 15) is 19.8 Å². The molecule has 0 spiro atoms. The van der Waals surface area contributed by atoms with Gasteiger partial charge in [0.25, 0.3) is 0 Å². The average Bonchev–Trinajstić information content (AvgIpc) is 2.75. The highest BCUT2D eigenvalue weighted by molar-refractivity contribution is 9.11. The second-order valence-corrected chi connectivity index (χ2v) is 10.2. The third-order valence-electron chi connectivity index (χ3n) is 5.61. The third kappa shape index (κ3) is 6.63. The van der Waals surface area contributed by atoms with Crippen LogP contribution in [0.25, 0.3) is 0 Å². The van der Waals surface area contributed by atoms with Crippen molar-refractivity contribution in [2.45, 2.75) is 57.9 Å². The number of nitrogens with zero attached hydrogens (tertiary/aromatic N) is 1. The number of hydrogen-bond acceptors (Lipinski definition) is 4. The Morgan fingerprint density at radius 3 is 2.33 bits per heavy atom. The lowest BCUT2D eigenvalue weighted by Crippen LogP contribution is -2.47. The molecule has 0 atom stereocenters. The van der Waals surface area contributed by atoms with E-state index in [1.54, 1.807) is 30.3 Å². The van der Waals surface area contributed by atoms with E-state index in [0.29, 0.717) is 26.1 Å². The van der Waals surface area contributed by atoms with Crippen molar-refractivity contribution in [3.05, 3.63) is 44.8 Å². The van der Waals surface area contributed by atoms with Crippen LogP contribution in [0.3, 0.4) is 0 Å². The van der Waals surface area contributed by atoms with Gasteiger partial charge in [0.05, 0.1) is 8.95 Å². The summed E-state index contributed by atoms with van der Waals surface area (Å²) < 4.78 is 7.14. The lowest BCUT2D eigenvalue weighted by molar-refractivity contribution is -0.135.